The number of anilines is 1. The van der Waals surface area contributed by atoms with Crippen molar-refractivity contribution in [2.45, 2.75) is 25.9 Å². The van der Waals surface area contributed by atoms with Gasteiger partial charge in [-0.1, -0.05) is 6.07 Å². The van der Waals surface area contributed by atoms with E-state index in [-0.39, 0.29) is 5.75 Å². The molecule has 0 radical (unpaired) electrons. The molecule has 1 aromatic rings. The number of benzene rings is 1. The zero-order valence-electron chi connectivity index (χ0n) is 8.52. The minimum absolute atomic E-state index is 0.204. The van der Waals surface area contributed by atoms with Gasteiger partial charge in [-0.3, -0.25) is 0 Å². The average Bonchev–Trinajstić information content (AvgIpc) is 2.15. The second-order valence-electron chi connectivity index (χ2n) is 3.76. The Kier molecular flexibility index (Phi) is 2.50. The molecule has 0 bridgehead atoms. The topological polar surface area (TPSA) is 21.3 Å². The van der Waals surface area contributed by atoms with Crippen LogP contribution >= 0.6 is 0 Å². The van der Waals surface area contributed by atoms with Crippen LogP contribution in [0, 0.1) is 0 Å². The molecule has 0 atom stereocenters. The summed E-state index contributed by atoms with van der Waals surface area (Å²) in [5.41, 5.74) is 2.07. The van der Waals surface area contributed by atoms with Gasteiger partial charge in [0.15, 0.2) is 0 Å². The van der Waals surface area contributed by atoms with Gasteiger partial charge in [0.25, 0.3) is 0 Å². The third-order valence-electron chi connectivity index (χ3n) is 2.32. The lowest BCUT2D eigenvalue weighted by Crippen LogP contribution is -2.19. The maximum absolute atomic E-state index is 12.6. The van der Waals surface area contributed by atoms with Crippen LogP contribution in [0.15, 0.2) is 18.2 Å². The minimum Gasteiger partial charge on any atom is -0.433 e. The summed E-state index contributed by atoms with van der Waals surface area (Å²) in [5.74, 6) is 0.204. The van der Waals surface area contributed by atoms with Crippen molar-refractivity contribution in [3.8, 4) is 5.75 Å². The van der Waals surface area contributed by atoms with E-state index in [4.69, 9.17) is 0 Å². The number of rotatable bonds is 2. The molecular weight excluding hydrogens is 200 g/mol. The van der Waals surface area contributed by atoms with Crippen LogP contribution in [0.3, 0.4) is 0 Å². The lowest BCUT2D eigenvalue weighted by atomic mass is 10.0. The molecular formula is C11H13F2NO. The molecule has 2 nitrogen and oxygen atoms in total. The number of halogens is 2. The van der Waals surface area contributed by atoms with Gasteiger partial charge in [-0.05, 0) is 24.5 Å². The summed E-state index contributed by atoms with van der Waals surface area (Å²) in [5, 5.41) is 3.16. The molecule has 0 unspecified atom stereocenters. The van der Waals surface area contributed by atoms with Crippen molar-refractivity contribution in [2.75, 3.05) is 11.9 Å². The predicted octanol–water partition coefficient (Wildman–Crippen LogP) is 3.04. The molecule has 15 heavy (non-hydrogen) atoms. The fourth-order valence-corrected chi connectivity index (χ4v) is 1.71. The molecule has 0 fully saturated rings. The molecule has 4 heteroatoms. The van der Waals surface area contributed by atoms with Crippen molar-refractivity contribution >= 4 is 5.69 Å². The Bertz CT molecular complexity index is 360. The summed E-state index contributed by atoms with van der Waals surface area (Å²) in [6, 6.07) is 5.05. The smallest absolute Gasteiger partial charge is 0.394 e. The number of hydrogen-bond donors (Lipinski definition) is 1. The Morgan fingerprint density at radius 2 is 2.20 bits per heavy atom. The molecule has 0 spiro atoms. The van der Waals surface area contributed by atoms with Crippen LogP contribution in [0.25, 0.3) is 0 Å². The monoisotopic (exact) mass is 213 g/mol. The van der Waals surface area contributed by atoms with E-state index >= 15 is 0 Å². The highest BCUT2D eigenvalue weighted by molar-refractivity contribution is 5.56. The van der Waals surface area contributed by atoms with Gasteiger partial charge in [0.2, 0.25) is 0 Å². The van der Waals surface area contributed by atoms with Gasteiger partial charge >= 0.3 is 6.11 Å². The molecule has 0 aliphatic carbocycles. The Balaban J connectivity index is 2.21. The fraction of sp³-hybridized carbons (Fsp3) is 0.455. The van der Waals surface area contributed by atoms with Crippen LogP contribution in [-0.4, -0.2) is 12.7 Å². The van der Waals surface area contributed by atoms with E-state index in [1.54, 1.807) is 12.1 Å². The van der Waals surface area contributed by atoms with E-state index < -0.39 is 6.11 Å². The second-order valence-corrected chi connectivity index (χ2v) is 3.76. The number of aryl methyl sites for hydroxylation is 1. The molecule has 0 saturated heterocycles. The molecule has 2 rings (SSSR count). The number of fused-ring (bicyclic) bond motifs is 1. The van der Waals surface area contributed by atoms with E-state index in [1.165, 1.54) is 0 Å². The lowest BCUT2D eigenvalue weighted by molar-refractivity contribution is -0.158. The van der Waals surface area contributed by atoms with Gasteiger partial charge < -0.3 is 10.1 Å². The summed E-state index contributed by atoms with van der Waals surface area (Å²) in [7, 11) is 0. The Hall–Kier alpha value is -1.32. The first-order chi connectivity index (χ1) is 7.04. The molecule has 1 heterocycles. The average molecular weight is 213 g/mol. The van der Waals surface area contributed by atoms with Crippen LogP contribution in [0.1, 0.15) is 18.9 Å². The van der Waals surface area contributed by atoms with E-state index in [0.29, 0.717) is 0 Å². The fourth-order valence-electron chi connectivity index (χ4n) is 1.71. The van der Waals surface area contributed by atoms with Gasteiger partial charge in [-0.2, -0.15) is 8.78 Å². The van der Waals surface area contributed by atoms with E-state index in [0.717, 1.165) is 37.6 Å². The zero-order valence-corrected chi connectivity index (χ0v) is 8.52. The van der Waals surface area contributed by atoms with Crippen LogP contribution in [0.4, 0.5) is 14.5 Å². The first-order valence-electron chi connectivity index (χ1n) is 4.98. The van der Waals surface area contributed by atoms with Gasteiger partial charge in [-0.25, -0.2) is 0 Å². The number of hydrogen-bond acceptors (Lipinski definition) is 2. The van der Waals surface area contributed by atoms with E-state index in [2.05, 4.69) is 10.1 Å². The number of ether oxygens (including phenoxy) is 1. The summed E-state index contributed by atoms with van der Waals surface area (Å²) >= 11 is 0. The van der Waals surface area contributed by atoms with Crippen LogP contribution in [-0.2, 0) is 6.42 Å². The van der Waals surface area contributed by atoms with Crippen molar-refractivity contribution in [3.05, 3.63) is 23.8 Å². The minimum atomic E-state index is -3.12. The molecule has 1 aliphatic heterocycles. The molecule has 1 aromatic carbocycles. The summed E-state index contributed by atoms with van der Waals surface area (Å²) in [6.07, 6.45) is -1.05. The highest BCUT2D eigenvalue weighted by atomic mass is 19.3. The van der Waals surface area contributed by atoms with E-state index in [9.17, 15) is 8.78 Å². The molecule has 0 saturated carbocycles. The zero-order chi connectivity index (χ0) is 10.9. The lowest BCUT2D eigenvalue weighted by Gasteiger charge is -2.20. The summed E-state index contributed by atoms with van der Waals surface area (Å²) in [4.78, 5) is 0. The van der Waals surface area contributed by atoms with Crippen LogP contribution in [0.2, 0.25) is 0 Å². The third-order valence-corrected chi connectivity index (χ3v) is 2.32. The van der Waals surface area contributed by atoms with Gasteiger partial charge in [0.1, 0.15) is 5.75 Å². The number of nitrogens with one attached hydrogen (secondary N) is 1. The Morgan fingerprint density at radius 3 is 2.93 bits per heavy atom. The third kappa shape index (κ3) is 2.58. The Labute approximate surface area is 87.2 Å². The van der Waals surface area contributed by atoms with Crippen LogP contribution < -0.4 is 10.1 Å². The van der Waals surface area contributed by atoms with Gasteiger partial charge in [0, 0.05) is 25.2 Å². The van der Waals surface area contributed by atoms with E-state index in [1.807, 2.05) is 6.07 Å². The van der Waals surface area contributed by atoms with Crippen molar-refractivity contribution in [2.24, 2.45) is 0 Å². The second kappa shape index (κ2) is 3.68. The molecule has 82 valence electrons. The highest BCUT2D eigenvalue weighted by Gasteiger charge is 2.23. The maximum Gasteiger partial charge on any atom is 0.394 e. The van der Waals surface area contributed by atoms with Crippen LogP contribution in [0.5, 0.6) is 5.75 Å². The quantitative estimate of drug-likeness (QED) is 0.815. The van der Waals surface area contributed by atoms with Crippen molar-refractivity contribution in [1.29, 1.82) is 0 Å². The first kappa shape index (κ1) is 10.2. The predicted molar refractivity (Wildman–Crippen MR) is 54.5 cm³/mol. The van der Waals surface area contributed by atoms with Crippen molar-refractivity contribution in [3.63, 3.8) is 0 Å². The summed E-state index contributed by atoms with van der Waals surface area (Å²) in [6.45, 7) is 1.62. The SMILES string of the molecule is CC(F)(F)Oc1ccc2c(c1)NCCC2. The summed E-state index contributed by atoms with van der Waals surface area (Å²) < 4.78 is 29.7. The highest BCUT2D eigenvalue weighted by Crippen LogP contribution is 2.29. The standard InChI is InChI=1S/C11H13F2NO/c1-11(12,13)15-9-5-4-8-3-2-6-14-10(8)7-9/h4-5,7,14H,2-3,6H2,1H3. The Morgan fingerprint density at radius 1 is 1.40 bits per heavy atom. The normalized spacial score (nSPS) is 15.4. The molecule has 0 amide bonds. The van der Waals surface area contributed by atoms with Crippen molar-refractivity contribution < 1.29 is 13.5 Å². The largest absolute Gasteiger partial charge is 0.433 e. The van der Waals surface area contributed by atoms with Gasteiger partial charge in [0.05, 0.1) is 0 Å². The molecule has 1 N–H and O–H groups in total. The first-order valence-corrected chi connectivity index (χ1v) is 4.98. The van der Waals surface area contributed by atoms with Crippen molar-refractivity contribution in [1.82, 2.24) is 0 Å². The molecule has 1 aliphatic rings. The van der Waals surface area contributed by atoms with Gasteiger partial charge in [-0.15, -0.1) is 0 Å². The number of alkyl halides is 2. The maximum atomic E-state index is 12.6. The molecule has 0 aromatic heterocycles.